The molecule has 0 fully saturated rings. The fourth-order valence-electron chi connectivity index (χ4n) is 2.03. The molecule has 0 saturated carbocycles. The lowest BCUT2D eigenvalue weighted by molar-refractivity contribution is 0.0952. The maximum Gasteiger partial charge on any atom is 0.296 e. The van der Waals surface area contributed by atoms with Crippen LogP contribution in [0.5, 0.6) is 0 Å². The molecule has 0 spiro atoms. The van der Waals surface area contributed by atoms with Gasteiger partial charge in [-0.2, -0.15) is 0 Å². The molecule has 4 heteroatoms. The number of nitrogens with zero attached hydrogens (tertiary/aromatic N) is 2. The summed E-state index contributed by atoms with van der Waals surface area (Å²) in [5, 5.41) is 3.77. The molecule has 0 aliphatic rings. The van der Waals surface area contributed by atoms with Crippen LogP contribution >= 0.6 is 0 Å². The lowest BCUT2D eigenvalue weighted by atomic mass is 10.1. The molecule has 0 aliphatic carbocycles. The molecule has 0 bridgehead atoms. The molecule has 1 amide bonds. The molecular weight excluding hydrogens is 240 g/mol. The fraction of sp³-hybridized carbons (Fsp3) is 0.333. The van der Waals surface area contributed by atoms with Gasteiger partial charge in [0.25, 0.3) is 5.91 Å². The molecule has 1 aromatic heterocycles. The average molecular weight is 258 g/mol. The van der Waals surface area contributed by atoms with Gasteiger partial charge in [0.1, 0.15) is 0 Å². The number of anilines is 1. The van der Waals surface area contributed by atoms with Crippen molar-refractivity contribution in [3.05, 3.63) is 46.8 Å². The predicted octanol–water partition coefficient (Wildman–Crippen LogP) is 3.27. The SMILES string of the molecule is CCN(C(=O)c1cc(C)no1)c1cc(C)ccc1C. The van der Waals surface area contributed by atoms with E-state index >= 15 is 0 Å². The van der Waals surface area contributed by atoms with E-state index in [1.165, 1.54) is 0 Å². The summed E-state index contributed by atoms with van der Waals surface area (Å²) in [6.45, 7) is 8.34. The van der Waals surface area contributed by atoms with Crippen molar-refractivity contribution >= 4 is 11.6 Å². The van der Waals surface area contributed by atoms with Gasteiger partial charge in [-0.3, -0.25) is 4.79 Å². The van der Waals surface area contributed by atoms with E-state index in [1.807, 2.05) is 39.0 Å². The summed E-state index contributed by atoms with van der Waals surface area (Å²) in [6.07, 6.45) is 0. The Morgan fingerprint density at radius 2 is 2.00 bits per heavy atom. The van der Waals surface area contributed by atoms with Gasteiger partial charge in [-0.25, -0.2) is 0 Å². The summed E-state index contributed by atoms with van der Waals surface area (Å²) < 4.78 is 5.06. The number of benzene rings is 1. The van der Waals surface area contributed by atoms with Crippen LogP contribution in [0.2, 0.25) is 0 Å². The zero-order valence-electron chi connectivity index (χ0n) is 11.7. The maximum atomic E-state index is 12.4. The van der Waals surface area contributed by atoms with Crippen LogP contribution in [0.15, 0.2) is 28.8 Å². The molecule has 0 aliphatic heterocycles. The van der Waals surface area contributed by atoms with Crippen LogP contribution in [0.4, 0.5) is 5.69 Å². The van der Waals surface area contributed by atoms with Crippen LogP contribution in [0.25, 0.3) is 0 Å². The van der Waals surface area contributed by atoms with Gasteiger partial charge in [-0.1, -0.05) is 17.3 Å². The smallest absolute Gasteiger partial charge is 0.296 e. The molecule has 0 N–H and O–H groups in total. The first kappa shape index (κ1) is 13.3. The third kappa shape index (κ3) is 2.67. The molecular formula is C15H18N2O2. The number of amides is 1. The van der Waals surface area contributed by atoms with E-state index in [1.54, 1.807) is 17.9 Å². The Labute approximate surface area is 113 Å². The summed E-state index contributed by atoms with van der Waals surface area (Å²) in [5.41, 5.74) is 3.82. The molecule has 0 radical (unpaired) electrons. The largest absolute Gasteiger partial charge is 0.351 e. The van der Waals surface area contributed by atoms with Gasteiger partial charge in [-0.05, 0) is 44.9 Å². The zero-order valence-corrected chi connectivity index (χ0v) is 11.7. The normalized spacial score (nSPS) is 10.5. The lowest BCUT2D eigenvalue weighted by Gasteiger charge is -2.22. The Morgan fingerprint density at radius 3 is 2.58 bits per heavy atom. The average Bonchev–Trinajstić information content (AvgIpc) is 2.81. The number of aromatic nitrogens is 1. The highest BCUT2D eigenvalue weighted by atomic mass is 16.5. The minimum Gasteiger partial charge on any atom is -0.351 e. The van der Waals surface area contributed by atoms with Gasteiger partial charge in [0.2, 0.25) is 5.76 Å². The second kappa shape index (κ2) is 5.26. The third-order valence-corrected chi connectivity index (χ3v) is 3.06. The third-order valence-electron chi connectivity index (χ3n) is 3.06. The minimum absolute atomic E-state index is 0.156. The summed E-state index contributed by atoms with van der Waals surface area (Å²) in [4.78, 5) is 14.2. The highest BCUT2D eigenvalue weighted by Crippen LogP contribution is 2.23. The maximum absolute atomic E-state index is 12.4. The molecule has 1 aromatic carbocycles. The van der Waals surface area contributed by atoms with Crippen LogP contribution in [-0.2, 0) is 0 Å². The van der Waals surface area contributed by atoms with Crippen molar-refractivity contribution in [2.45, 2.75) is 27.7 Å². The Morgan fingerprint density at radius 1 is 1.26 bits per heavy atom. The van der Waals surface area contributed by atoms with Crippen molar-refractivity contribution < 1.29 is 9.32 Å². The Hall–Kier alpha value is -2.10. The van der Waals surface area contributed by atoms with Gasteiger partial charge < -0.3 is 9.42 Å². The van der Waals surface area contributed by atoms with Crippen molar-refractivity contribution in [1.82, 2.24) is 5.16 Å². The Bertz CT molecular complexity index is 602. The number of aryl methyl sites for hydroxylation is 3. The minimum atomic E-state index is -0.156. The van der Waals surface area contributed by atoms with E-state index in [9.17, 15) is 4.79 Å². The quantitative estimate of drug-likeness (QED) is 0.848. The summed E-state index contributed by atoms with van der Waals surface area (Å²) >= 11 is 0. The first-order valence-electron chi connectivity index (χ1n) is 6.35. The van der Waals surface area contributed by atoms with Crippen LogP contribution in [0.1, 0.15) is 34.3 Å². The Balaban J connectivity index is 2.39. The molecule has 0 atom stereocenters. The van der Waals surface area contributed by atoms with Crippen molar-refractivity contribution in [3.63, 3.8) is 0 Å². The summed E-state index contributed by atoms with van der Waals surface area (Å²) in [7, 11) is 0. The number of hydrogen-bond acceptors (Lipinski definition) is 3. The van der Waals surface area contributed by atoms with Gasteiger partial charge in [0, 0.05) is 18.3 Å². The monoisotopic (exact) mass is 258 g/mol. The standard InChI is InChI=1S/C15H18N2O2/c1-5-17(13-8-10(2)6-7-11(13)3)15(18)14-9-12(4)16-19-14/h6-9H,5H2,1-4H3. The van der Waals surface area contributed by atoms with Crippen LogP contribution in [0.3, 0.4) is 0 Å². The number of carbonyl (C=O) groups excluding carboxylic acids is 1. The van der Waals surface area contributed by atoms with Crippen molar-refractivity contribution in [3.8, 4) is 0 Å². The van der Waals surface area contributed by atoms with E-state index < -0.39 is 0 Å². The van der Waals surface area contributed by atoms with Crippen LogP contribution in [0, 0.1) is 20.8 Å². The molecule has 0 saturated heterocycles. The van der Waals surface area contributed by atoms with E-state index in [2.05, 4.69) is 5.16 Å². The molecule has 1 heterocycles. The first-order chi connectivity index (χ1) is 9.02. The van der Waals surface area contributed by atoms with Crippen LogP contribution < -0.4 is 4.90 Å². The highest BCUT2D eigenvalue weighted by molar-refractivity contribution is 6.04. The van der Waals surface area contributed by atoms with Gasteiger partial charge >= 0.3 is 0 Å². The van der Waals surface area contributed by atoms with E-state index in [0.29, 0.717) is 12.2 Å². The second-order valence-corrected chi connectivity index (χ2v) is 4.67. The van der Waals surface area contributed by atoms with E-state index in [0.717, 1.165) is 16.8 Å². The zero-order chi connectivity index (χ0) is 14.0. The lowest BCUT2D eigenvalue weighted by Crippen LogP contribution is -2.31. The number of carbonyl (C=O) groups is 1. The fourth-order valence-corrected chi connectivity index (χ4v) is 2.03. The molecule has 19 heavy (non-hydrogen) atoms. The Kier molecular flexibility index (Phi) is 3.69. The van der Waals surface area contributed by atoms with Crippen molar-refractivity contribution in [2.75, 3.05) is 11.4 Å². The van der Waals surface area contributed by atoms with Crippen molar-refractivity contribution in [1.29, 1.82) is 0 Å². The molecule has 4 nitrogen and oxygen atoms in total. The predicted molar refractivity (Wildman–Crippen MR) is 74.5 cm³/mol. The van der Waals surface area contributed by atoms with E-state index in [-0.39, 0.29) is 11.7 Å². The van der Waals surface area contributed by atoms with Gasteiger partial charge in [0.05, 0.1) is 5.69 Å². The summed E-state index contributed by atoms with van der Waals surface area (Å²) in [5.74, 6) is 0.122. The summed E-state index contributed by atoms with van der Waals surface area (Å²) in [6, 6.07) is 7.73. The topological polar surface area (TPSA) is 46.3 Å². The van der Waals surface area contributed by atoms with E-state index in [4.69, 9.17) is 4.52 Å². The molecule has 0 unspecified atom stereocenters. The number of hydrogen-bond donors (Lipinski definition) is 0. The second-order valence-electron chi connectivity index (χ2n) is 4.67. The molecule has 2 rings (SSSR count). The number of rotatable bonds is 3. The van der Waals surface area contributed by atoms with Crippen molar-refractivity contribution in [2.24, 2.45) is 0 Å². The first-order valence-corrected chi connectivity index (χ1v) is 6.35. The van der Waals surface area contributed by atoms with Crippen LogP contribution in [-0.4, -0.2) is 17.6 Å². The molecule has 2 aromatic rings. The highest BCUT2D eigenvalue weighted by Gasteiger charge is 2.21. The van der Waals surface area contributed by atoms with Gasteiger partial charge in [0.15, 0.2) is 0 Å². The van der Waals surface area contributed by atoms with Gasteiger partial charge in [-0.15, -0.1) is 0 Å². The molecule has 100 valence electrons.